The Labute approximate surface area is 166 Å². The monoisotopic (exact) mass is 413 g/mol. The summed E-state index contributed by atoms with van der Waals surface area (Å²) in [6, 6.07) is 2.90. The van der Waals surface area contributed by atoms with Gasteiger partial charge in [-0.3, -0.25) is 4.79 Å². The summed E-state index contributed by atoms with van der Waals surface area (Å²) in [5.41, 5.74) is 7.75. The van der Waals surface area contributed by atoms with Crippen LogP contribution in [0.2, 0.25) is 0 Å². The molecule has 0 aliphatic carbocycles. The van der Waals surface area contributed by atoms with Crippen LogP contribution in [0.5, 0.6) is 5.75 Å². The standard InChI is InChI=1S/C13H19N3O5.C4H4O4/c1-8-4-5-11(20-6-7-21-16(18)19)9(2)12(8)15-13(17)10(3)14;5-3(6)1-2-4(7)8/h4-5,10H,6-7,14H2,1-3H3,(H,15,17);1-2H,(H,5,6)(H,7,8). The maximum absolute atomic E-state index is 11.7. The third-order valence-electron chi connectivity index (χ3n) is 3.19. The smallest absolute Gasteiger partial charge is 0.328 e. The zero-order valence-electron chi connectivity index (χ0n) is 16.1. The zero-order chi connectivity index (χ0) is 22.6. The lowest BCUT2D eigenvalue weighted by Gasteiger charge is -2.16. The SMILES string of the molecule is Cc1ccc(OCCO[N+](=O)[O-])c(C)c1NC(=O)C(C)N.O=C(O)C=CC(=O)O. The van der Waals surface area contributed by atoms with Gasteiger partial charge >= 0.3 is 11.9 Å². The number of hydrogen-bond donors (Lipinski definition) is 4. The van der Waals surface area contributed by atoms with E-state index in [4.69, 9.17) is 20.7 Å². The van der Waals surface area contributed by atoms with Crippen molar-refractivity contribution in [1.82, 2.24) is 0 Å². The van der Waals surface area contributed by atoms with Gasteiger partial charge in [-0.15, -0.1) is 10.1 Å². The summed E-state index contributed by atoms with van der Waals surface area (Å²) in [5.74, 6) is -2.29. The molecule has 0 bridgehead atoms. The van der Waals surface area contributed by atoms with Crippen molar-refractivity contribution in [3.8, 4) is 5.75 Å². The molecule has 12 heteroatoms. The van der Waals surface area contributed by atoms with Crippen molar-refractivity contribution in [2.24, 2.45) is 5.73 Å². The number of carboxylic acid groups (broad SMARTS) is 2. The summed E-state index contributed by atoms with van der Waals surface area (Å²) in [6.45, 7) is 5.10. The third kappa shape index (κ3) is 10.9. The average molecular weight is 413 g/mol. The minimum atomic E-state index is -1.26. The predicted molar refractivity (Wildman–Crippen MR) is 101 cm³/mol. The number of hydrogen-bond acceptors (Lipinski definition) is 8. The van der Waals surface area contributed by atoms with Crippen LogP contribution in [0.15, 0.2) is 24.3 Å². The van der Waals surface area contributed by atoms with Crippen LogP contribution in [0, 0.1) is 24.0 Å². The molecule has 1 aromatic rings. The second-order valence-corrected chi connectivity index (χ2v) is 5.57. The molecule has 160 valence electrons. The lowest BCUT2D eigenvalue weighted by atomic mass is 10.1. The van der Waals surface area contributed by atoms with Gasteiger partial charge in [0.05, 0.1) is 11.7 Å². The van der Waals surface area contributed by atoms with Gasteiger partial charge < -0.3 is 30.8 Å². The summed E-state index contributed by atoms with van der Waals surface area (Å²) in [4.78, 5) is 45.0. The van der Waals surface area contributed by atoms with Crippen LogP contribution in [0.3, 0.4) is 0 Å². The molecule has 0 saturated carbocycles. The molecule has 29 heavy (non-hydrogen) atoms. The van der Waals surface area contributed by atoms with Crippen LogP contribution < -0.4 is 15.8 Å². The molecule has 0 aliphatic heterocycles. The maximum atomic E-state index is 11.7. The number of ether oxygens (including phenoxy) is 1. The molecule has 0 fully saturated rings. The van der Waals surface area contributed by atoms with Crippen LogP contribution in [0.1, 0.15) is 18.1 Å². The highest BCUT2D eigenvalue weighted by Crippen LogP contribution is 2.29. The van der Waals surface area contributed by atoms with Gasteiger partial charge in [0, 0.05) is 17.7 Å². The van der Waals surface area contributed by atoms with Crippen LogP contribution in [-0.2, 0) is 19.2 Å². The molecule has 1 rings (SSSR count). The lowest BCUT2D eigenvalue weighted by Crippen LogP contribution is -2.33. The Balaban J connectivity index is 0.000000828. The Kier molecular flexibility index (Phi) is 11.1. The third-order valence-corrected chi connectivity index (χ3v) is 3.19. The van der Waals surface area contributed by atoms with Gasteiger partial charge in [0.2, 0.25) is 5.91 Å². The highest BCUT2D eigenvalue weighted by molar-refractivity contribution is 5.96. The molecule has 0 radical (unpaired) electrons. The molecule has 0 aliphatic rings. The van der Waals surface area contributed by atoms with E-state index in [-0.39, 0.29) is 19.1 Å². The lowest BCUT2D eigenvalue weighted by molar-refractivity contribution is -0.757. The molecule has 12 nitrogen and oxygen atoms in total. The number of anilines is 1. The van der Waals surface area contributed by atoms with Gasteiger partial charge in [0.25, 0.3) is 5.09 Å². The van der Waals surface area contributed by atoms with Crippen molar-refractivity contribution in [3.05, 3.63) is 45.5 Å². The number of carbonyl (C=O) groups excluding carboxylic acids is 1. The second kappa shape index (κ2) is 12.7. The van der Waals surface area contributed by atoms with E-state index in [2.05, 4.69) is 10.2 Å². The molecular formula is C17H23N3O9. The van der Waals surface area contributed by atoms with Crippen molar-refractivity contribution >= 4 is 23.5 Å². The highest BCUT2D eigenvalue weighted by Gasteiger charge is 2.14. The topological polar surface area (TPSA) is 191 Å². The highest BCUT2D eigenvalue weighted by atomic mass is 17.0. The quantitative estimate of drug-likeness (QED) is 0.195. The number of aliphatic carboxylic acids is 2. The number of nitrogens with one attached hydrogen (secondary N) is 1. The fraction of sp³-hybridized carbons (Fsp3) is 0.353. The van der Waals surface area contributed by atoms with Gasteiger partial charge in [-0.1, -0.05) is 6.07 Å². The first-order chi connectivity index (χ1) is 13.5. The van der Waals surface area contributed by atoms with E-state index in [1.807, 2.05) is 6.92 Å². The van der Waals surface area contributed by atoms with E-state index in [1.165, 1.54) is 0 Å². The normalized spacial score (nSPS) is 11.0. The van der Waals surface area contributed by atoms with Crippen LogP contribution >= 0.6 is 0 Å². The van der Waals surface area contributed by atoms with Crippen molar-refractivity contribution in [1.29, 1.82) is 0 Å². The van der Waals surface area contributed by atoms with Crippen molar-refractivity contribution in [2.75, 3.05) is 18.5 Å². The number of nitrogens with two attached hydrogens (primary N) is 1. The number of carbonyl (C=O) groups is 3. The molecule has 1 atom stereocenters. The Bertz CT molecular complexity index is 760. The molecule has 0 heterocycles. The van der Waals surface area contributed by atoms with Crippen molar-refractivity contribution in [2.45, 2.75) is 26.8 Å². The first-order valence-corrected chi connectivity index (χ1v) is 8.16. The number of nitrogens with zero attached hydrogens (tertiary/aromatic N) is 1. The van der Waals surface area contributed by atoms with E-state index in [0.717, 1.165) is 11.1 Å². The minimum Gasteiger partial charge on any atom is -0.491 e. The number of carboxylic acids is 2. The van der Waals surface area contributed by atoms with E-state index in [0.29, 0.717) is 23.6 Å². The Hall–Kier alpha value is -3.67. The van der Waals surface area contributed by atoms with Crippen LogP contribution in [-0.4, -0.2) is 52.4 Å². The van der Waals surface area contributed by atoms with Gasteiger partial charge in [-0.25, -0.2) is 9.59 Å². The molecule has 5 N–H and O–H groups in total. The second-order valence-electron chi connectivity index (χ2n) is 5.57. The van der Waals surface area contributed by atoms with Crippen molar-refractivity contribution in [3.63, 3.8) is 0 Å². The largest absolute Gasteiger partial charge is 0.491 e. The Morgan fingerprint density at radius 2 is 1.76 bits per heavy atom. The van der Waals surface area contributed by atoms with Crippen molar-refractivity contribution < 1.29 is 39.3 Å². The summed E-state index contributed by atoms with van der Waals surface area (Å²) in [7, 11) is 0. The summed E-state index contributed by atoms with van der Waals surface area (Å²) >= 11 is 0. The fourth-order valence-corrected chi connectivity index (χ4v) is 1.82. The van der Waals surface area contributed by atoms with E-state index < -0.39 is 23.1 Å². The number of aryl methyl sites for hydroxylation is 1. The maximum Gasteiger partial charge on any atom is 0.328 e. The summed E-state index contributed by atoms with van der Waals surface area (Å²) in [6.07, 6.45) is 1.12. The van der Waals surface area contributed by atoms with E-state index in [1.54, 1.807) is 26.0 Å². The molecular weight excluding hydrogens is 390 g/mol. The zero-order valence-corrected chi connectivity index (χ0v) is 16.1. The van der Waals surface area contributed by atoms with Gasteiger partial charge in [-0.05, 0) is 32.4 Å². The summed E-state index contributed by atoms with van der Waals surface area (Å²) < 4.78 is 5.41. The first-order valence-electron chi connectivity index (χ1n) is 8.16. The number of rotatable bonds is 9. The van der Waals surface area contributed by atoms with E-state index in [9.17, 15) is 24.5 Å². The molecule has 0 aromatic heterocycles. The van der Waals surface area contributed by atoms with Crippen LogP contribution in [0.4, 0.5) is 5.69 Å². The van der Waals surface area contributed by atoms with Gasteiger partial charge in [0.1, 0.15) is 19.0 Å². The van der Waals surface area contributed by atoms with Gasteiger partial charge in [0.15, 0.2) is 0 Å². The first kappa shape index (κ1) is 25.3. The molecule has 1 unspecified atom stereocenters. The Morgan fingerprint density at radius 1 is 1.21 bits per heavy atom. The minimum absolute atomic E-state index is 0.0333. The Morgan fingerprint density at radius 3 is 2.21 bits per heavy atom. The molecule has 0 saturated heterocycles. The van der Waals surface area contributed by atoms with Crippen LogP contribution in [0.25, 0.3) is 0 Å². The number of benzene rings is 1. The predicted octanol–water partition coefficient (Wildman–Crippen LogP) is 0.888. The fourth-order valence-electron chi connectivity index (χ4n) is 1.82. The van der Waals surface area contributed by atoms with E-state index >= 15 is 0 Å². The molecule has 1 amide bonds. The summed E-state index contributed by atoms with van der Waals surface area (Å²) in [5, 5.41) is 27.5. The molecule has 1 aromatic carbocycles. The molecule has 0 spiro atoms. The number of amides is 1. The van der Waals surface area contributed by atoms with Gasteiger partial charge in [-0.2, -0.15) is 0 Å². The average Bonchev–Trinajstić information content (AvgIpc) is 2.62.